The standard InChI is InChI=1S/C18H30FNO/c1-7-20-15(11-13(2)12-18(3,4)5)14-9-8-10-16(21-6)17(14)19/h8-10,13,15,20H,7,11-12H2,1-6H3. The van der Waals surface area contributed by atoms with Crippen LogP contribution in [0.2, 0.25) is 0 Å². The Hall–Kier alpha value is -1.09. The van der Waals surface area contributed by atoms with E-state index in [2.05, 4.69) is 39.9 Å². The molecule has 0 amide bonds. The van der Waals surface area contributed by atoms with Crippen LogP contribution >= 0.6 is 0 Å². The van der Waals surface area contributed by atoms with Crippen LogP contribution in [0.4, 0.5) is 4.39 Å². The lowest BCUT2D eigenvalue weighted by molar-refractivity contribution is 0.274. The van der Waals surface area contributed by atoms with Gasteiger partial charge in [0, 0.05) is 11.6 Å². The summed E-state index contributed by atoms with van der Waals surface area (Å²) in [4.78, 5) is 0. The van der Waals surface area contributed by atoms with Gasteiger partial charge in [-0.05, 0) is 36.8 Å². The summed E-state index contributed by atoms with van der Waals surface area (Å²) in [5.41, 5.74) is 1.00. The van der Waals surface area contributed by atoms with Crippen LogP contribution in [-0.2, 0) is 0 Å². The summed E-state index contributed by atoms with van der Waals surface area (Å²) in [5.74, 6) is 0.604. The van der Waals surface area contributed by atoms with E-state index in [4.69, 9.17) is 4.74 Å². The maximum atomic E-state index is 14.5. The molecule has 0 heterocycles. The van der Waals surface area contributed by atoms with Gasteiger partial charge in [0.15, 0.2) is 11.6 Å². The van der Waals surface area contributed by atoms with E-state index < -0.39 is 0 Å². The van der Waals surface area contributed by atoms with Gasteiger partial charge in [-0.2, -0.15) is 0 Å². The summed E-state index contributed by atoms with van der Waals surface area (Å²) < 4.78 is 19.6. The van der Waals surface area contributed by atoms with Crippen LogP contribution in [0, 0.1) is 17.2 Å². The van der Waals surface area contributed by atoms with Crippen LogP contribution in [0.1, 0.15) is 59.1 Å². The van der Waals surface area contributed by atoms with Crippen LogP contribution in [0.15, 0.2) is 18.2 Å². The molecule has 0 spiro atoms. The predicted molar refractivity (Wildman–Crippen MR) is 87.2 cm³/mol. The molecule has 0 bridgehead atoms. The minimum atomic E-state index is -0.242. The van der Waals surface area contributed by atoms with Gasteiger partial charge in [0.25, 0.3) is 0 Å². The van der Waals surface area contributed by atoms with Crippen molar-refractivity contribution in [1.29, 1.82) is 0 Å². The largest absolute Gasteiger partial charge is 0.494 e. The third kappa shape index (κ3) is 5.66. The number of rotatable bonds is 7. The number of methoxy groups -OCH3 is 1. The van der Waals surface area contributed by atoms with Gasteiger partial charge in [-0.3, -0.25) is 0 Å². The van der Waals surface area contributed by atoms with E-state index in [1.165, 1.54) is 7.11 Å². The molecule has 21 heavy (non-hydrogen) atoms. The summed E-state index contributed by atoms with van der Waals surface area (Å²) in [7, 11) is 1.51. The van der Waals surface area contributed by atoms with Gasteiger partial charge >= 0.3 is 0 Å². The lowest BCUT2D eigenvalue weighted by Crippen LogP contribution is -2.25. The van der Waals surface area contributed by atoms with Crippen molar-refractivity contribution in [2.75, 3.05) is 13.7 Å². The maximum Gasteiger partial charge on any atom is 0.169 e. The molecule has 0 fully saturated rings. The van der Waals surface area contributed by atoms with Gasteiger partial charge in [-0.25, -0.2) is 4.39 Å². The molecule has 0 aliphatic rings. The highest BCUT2D eigenvalue weighted by atomic mass is 19.1. The molecule has 3 heteroatoms. The molecule has 0 saturated carbocycles. The molecule has 1 aromatic carbocycles. The van der Waals surface area contributed by atoms with Crippen molar-refractivity contribution in [3.63, 3.8) is 0 Å². The zero-order valence-corrected chi connectivity index (χ0v) is 14.3. The molecule has 1 rings (SSSR count). The normalized spacial score (nSPS) is 14.8. The average molecular weight is 295 g/mol. The Bertz CT molecular complexity index is 439. The number of hydrogen-bond donors (Lipinski definition) is 1. The lowest BCUT2D eigenvalue weighted by Gasteiger charge is -2.27. The van der Waals surface area contributed by atoms with Crippen molar-refractivity contribution >= 4 is 0 Å². The minimum absolute atomic E-state index is 0.0300. The second-order valence-corrected chi connectivity index (χ2v) is 7.08. The molecule has 0 aromatic heterocycles. The van der Waals surface area contributed by atoms with Crippen LogP contribution in [0.3, 0.4) is 0 Å². The minimum Gasteiger partial charge on any atom is -0.494 e. The summed E-state index contributed by atoms with van der Waals surface area (Å²) in [6.07, 6.45) is 2.05. The van der Waals surface area contributed by atoms with Gasteiger partial charge in [-0.1, -0.05) is 46.8 Å². The van der Waals surface area contributed by atoms with Gasteiger partial charge in [0.05, 0.1) is 7.11 Å². The number of ether oxygens (including phenoxy) is 1. The monoisotopic (exact) mass is 295 g/mol. The molecular formula is C18H30FNO. The third-order valence-electron chi connectivity index (χ3n) is 3.64. The summed E-state index contributed by atoms with van der Waals surface area (Å²) in [5, 5.41) is 3.41. The van der Waals surface area contributed by atoms with Crippen LogP contribution < -0.4 is 10.1 Å². The first-order valence-corrected chi connectivity index (χ1v) is 7.84. The van der Waals surface area contributed by atoms with Crippen molar-refractivity contribution in [2.24, 2.45) is 11.3 Å². The predicted octanol–water partition coefficient (Wildman–Crippen LogP) is 4.95. The smallest absolute Gasteiger partial charge is 0.169 e. The van der Waals surface area contributed by atoms with E-state index >= 15 is 0 Å². The molecule has 1 aromatic rings. The fourth-order valence-electron chi connectivity index (χ4n) is 3.05. The summed E-state index contributed by atoms with van der Waals surface area (Å²) in [6, 6.07) is 5.41. The van der Waals surface area contributed by atoms with Gasteiger partial charge in [0.2, 0.25) is 0 Å². The highest BCUT2D eigenvalue weighted by Gasteiger charge is 2.22. The average Bonchev–Trinajstić information content (AvgIpc) is 2.36. The highest BCUT2D eigenvalue weighted by molar-refractivity contribution is 5.33. The SMILES string of the molecule is CCNC(CC(C)CC(C)(C)C)c1cccc(OC)c1F. The van der Waals surface area contributed by atoms with Crippen molar-refractivity contribution in [1.82, 2.24) is 5.32 Å². The topological polar surface area (TPSA) is 21.3 Å². The Morgan fingerprint density at radius 1 is 1.29 bits per heavy atom. The molecule has 2 atom stereocenters. The second-order valence-electron chi connectivity index (χ2n) is 7.08. The van der Waals surface area contributed by atoms with E-state index in [-0.39, 0.29) is 11.9 Å². The van der Waals surface area contributed by atoms with Crippen molar-refractivity contribution in [2.45, 2.75) is 53.5 Å². The molecule has 0 saturated heterocycles. The van der Waals surface area contributed by atoms with E-state index in [0.717, 1.165) is 19.4 Å². The van der Waals surface area contributed by atoms with Crippen molar-refractivity contribution in [3.05, 3.63) is 29.6 Å². The lowest BCUT2D eigenvalue weighted by atomic mass is 9.82. The zero-order valence-electron chi connectivity index (χ0n) is 14.3. The third-order valence-corrected chi connectivity index (χ3v) is 3.64. The molecule has 120 valence electrons. The maximum absolute atomic E-state index is 14.5. The van der Waals surface area contributed by atoms with E-state index in [1.54, 1.807) is 6.07 Å². The van der Waals surface area contributed by atoms with Gasteiger partial charge in [0.1, 0.15) is 0 Å². The number of halogens is 1. The summed E-state index contributed by atoms with van der Waals surface area (Å²) in [6.45, 7) is 11.9. The number of benzene rings is 1. The quantitative estimate of drug-likeness (QED) is 0.768. The Morgan fingerprint density at radius 2 is 1.95 bits per heavy atom. The van der Waals surface area contributed by atoms with Crippen molar-refractivity contribution in [3.8, 4) is 5.75 Å². The first-order chi connectivity index (χ1) is 9.78. The van der Waals surface area contributed by atoms with Gasteiger partial charge < -0.3 is 10.1 Å². The molecule has 0 radical (unpaired) electrons. The Kier molecular flexibility index (Phi) is 6.66. The number of hydrogen-bond acceptors (Lipinski definition) is 2. The first kappa shape index (κ1) is 18.0. The Balaban J connectivity index is 2.91. The first-order valence-electron chi connectivity index (χ1n) is 7.84. The molecule has 2 nitrogen and oxygen atoms in total. The van der Waals surface area contributed by atoms with Gasteiger partial charge in [-0.15, -0.1) is 0 Å². The molecule has 0 aliphatic heterocycles. The van der Waals surface area contributed by atoms with Crippen LogP contribution in [-0.4, -0.2) is 13.7 Å². The van der Waals surface area contributed by atoms with Crippen molar-refractivity contribution < 1.29 is 9.13 Å². The van der Waals surface area contributed by atoms with E-state index in [9.17, 15) is 4.39 Å². The van der Waals surface area contributed by atoms with E-state index in [0.29, 0.717) is 22.6 Å². The Labute approximate surface area is 129 Å². The fourth-order valence-corrected chi connectivity index (χ4v) is 3.05. The zero-order chi connectivity index (χ0) is 16.0. The fraction of sp³-hybridized carbons (Fsp3) is 0.667. The molecular weight excluding hydrogens is 265 g/mol. The molecule has 2 unspecified atom stereocenters. The number of nitrogens with one attached hydrogen (secondary N) is 1. The summed E-state index contributed by atoms with van der Waals surface area (Å²) >= 11 is 0. The van der Waals surface area contributed by atoms with Crippen LogP contribution in [0.25, 0.3) is 0 Å². The van der Waals surface area contributed by atoms with Crippen LogP contribution in [0.5, 0.6) is 5.75 Å². The Morgan fingerprint density at radius 3 is 2.48 bits per heavy atom. The highest BCUT2D eigenvalue weighted by Crippen LogP contribution is 2.33. The molecule has 1 N–H and O–H groups in total. The second kappa shape index (κ2) is 7.79. The molecule has 0 aliphatic carbocycles. The van der Waals surface area contributed by atoms with E-state index in [1.807, 2.05) is 12.1 Å².